The van der Waals surface area contributed by atoms with Crippen LogP contribution in [0, 0.1) is 0 Å². The number of anilines is 1. The van der Waals surface area contributed by atoms with Crippen LogP contribution in [0.15, 0.2) is 36.4 Å². The number of nitrogens with zero attached hydrogens (tertiary/aromatic N) is 1. The van der Waals surface area contributed by atoms with Crippen molar-refractivity contribution in [2.45, 2.75) is 13.8 Å². The molecule has 0 heterocycles. The van der Waals surface area contributed by atoms with Gasteiger partial charge in [0.2, 0.25) is 5.91 Å². The number of likely N-dealkylation sites (N-methyl/N-ethyl adjacent to an activating group) is 1. The lowest BCUT2D eigenvalue weighted by molar-refractivity contribution is -0.117. The van der Waals surface area contributed by atoms with E-state index < -0.39 is 0 Å². The summed E-state index contributed by atoms with van der Waals surface area (Å²) in [5.41, 5.74) is 1.77. The largest absolute Gasteiger partial charge is 0.325 e. The summed E-state index contributed by atoms with van der Waals surface area (Å²) in [6, 6.07) is 7.13. The topological polar surface area (TPSA) is 32.3 Å². The highest BCUT2D eigenvalue weighted by atomic mass is 35.5. The highest BCUT2D eigenvalue weighted by molar-refractivity contribution is 6.30. The fourth-order valence-corrected chi connectivity index (χ4v) is 1.82. The molecule has 0 radical (unpaired) electrons. The number of hydrogen-bond donors (Lipinski definition) is 1. The standard InChI is InChI=1S/C14H19ClN2O/c1-4-17(9-11(2)3)10-14(18)16-13-7-5-6-12(15)8-13/h5-8H,2,4,9-10H2,1,3H3,(H,16,18). The van der Waals surface area contributed by atoms with Crippen LogP contribution < -0.4 is 5.32 Å². The lowest BCUT2D eigenvalue weighted by Crippen LogP contribution is -2.34. The first-order chi connectivity index (χ1) is 8.51. The predicted molar refractivity (Wildman–Crippen MR) is 77.0 cm³/mol. The van der Waals surface area contributed by atoms with Crippen LogP contribution in [0.2, 0.25) is 5.02 Å². The zero-order valence-electron chi connectivity index (χ0n) is 10.9. The zero-order chi connectivity index (χ0) is 13.5. The van der Waals surface area contributed by atoms with Crippen molar-refractivity contribution in [3.8, 4) is 0 Å². The van der Waals surface area contributed by atoms with E-state index in [1.807, 2.05) is 30.9 Å². The summed E-state index contributed by atoms with van der Waals surface area (Å²) in [7, 11) is 0. The highest BCUT2D eigenvalue weighted by Crippen LogP contribution is 2.14. The average molecular weight is 267 g/mol. The molecule has 1 amide bonds. The van der Waals surface area contributed by atoms with Crippen LogP contribution in [0.1, 0.15) is 13.8 Å². The van der Waals surface area contributed by atoms with Crippen LogP contribution in [0.5, 0.6) is 0 Å². The minimum atomic E-state index is -0.0413. The summed E-state index contributed by atoms with van der Waals surface area (Å²) < 4.78 is 0. The van der Waals surface area contributed by atoms with E-state index in [1.165, 1.54) is 0 Å². The molecule has 0 saturated carbocycles. The van der Waals surface area contributed by atoms with Gasteiger partial charge in [0, 0.05) is 17.3 Å². The van der Waals surface area contributed by atoms with Gasteiger partial charge in [-0.25, -0.2) is 0 Å². The van der Waals surface area contributed by atoms with Crippen LogP contribution in [-0.2, 0) is 4.79 Å². The number of carbonyl (C=O) groups excluding carboxylic acids is 1. The summed E-state index contributed by atoms with van der Waals surface area (Å²) in [5.74, 6) is -0.0413. The van der Waals surface area contributed by atoms with Gasteiger partial charge in [-0.05, 0) is 31.7 Å². The summed E-state index contributed by atoms with van der Waals surface area (Å²) in [5, 5.41) is 3.44. The lowest BCUT2D eigenvalue weighted by Gasteiger charge is -2.19. The minimum absolute atomic E-state index is 0.0413. The minimum Gasteiger partial charge on any atom is -0.325 e. The number of nitrogens with one attached hydrogen (secondary N) is 1. The van der Waals surface area contributed by atoms with Crippen LogP contribution in [0.25, 0.3) is 0 Å². The van der Waals surface area contributed by atoms with Gasteiger partial charge in [-0.15, -0.1) is 0 Å². The molecule has 4 heteroatoms. The number of halogens is 1. The molecule has 1 aromatic rings. The maximum absolute atomic E-state index is 11.8. The molecule has 0 bridgehead atoms. The average Bonchev–Trinajstić information content (AvgIpc) is 2.27. The second kappa shape index (κ2) is 7.19. The SMILES string of the molecule is C=C(C)CN(CC)CC(=O)Nc1cccc(Cl)c1. The Labute approximate surface area is 113 Å². The van der Waals surface area contributed by atoms with Gasteiger partial charge in [-0.2, -0.15) is 0 Å². The molecular weight excluding hydrogens is 248 g/mol. The first kappa shape index (κ1) is 14.7. The first-order valence-electron chi connectivity index (χ1n) is 5.93. The molecular formula is C14H19ClN2O. The van der Waals surface area contributed by atoms with Gasteiger partial charge >= 0.3 is 0 Å². The third-order valence-corrected chi connectivity index (χ3v) is 2.65. The van der Waals surface area contributed by atoms with Crippen molar-refractivity contribution in [3.05, 3.63) is 41.4 Å². The van der Waals surface area contributed by atoms with Crippen molar-refractivity contribution in [1.29, 1.82) is 0 Å². The van der Waals surface area contributed by atoms with Crippen molar-refractivity contribution >= 4 is 23.2 Å². The van der Waals surface area contributed by atoms with Gasteiger partial charge in [0.05, 0.1) is 6.54 Å². The summed E-state index contributed by atoms with van der Waals surface area (Å²) in [4.78, 5) is 13.9. The third-order valence-electron chi connectivity index (χ3n) is 2.42. The van der Waals surface area contributed by atoms with E-state index in [4.69, 9.17) is 11.6 Å². The molecule has 0 aliphatic rings. The van der Waals surface area contributed by atoms with Crippen molar-refractivity contribution in [1.82, 2.24) is 4.90 Å². The molecule has 0 aliphatic carbocycles. The van der Waals surface area contributed by atoms with E-state index in [2.05, 4.69) is 11.9 Å². The van der Waals surface area contributed by atoms with Gasteiger partial charge in [-0.1, -0.05) is 36.7 Å². The van der Waals surface area contributed by atoms with Crippen molar-refractivity contribution in [2.75, 3.05) is 25.0 Å². The fourth-order valence-electron chi connectivity index (χ4n) is 1.63. The molecule has 0 aliphatic heterocycles. The van der Waals surface area contributed by atoms with Gasteiger partial charge in [-0.3, -0.25) is 9.69 Å². The Morgan fingerprint density at radius 1 is 1.44 bits per heavy atom. The summed E-state index contributed by atoms with van der Waals surface area (Å²) in [6.45, 7) is 9.74. The molecule has 0 aromatic heterocycles. The molecule has 98 valence electrons. The second-order valence-electron chi connectivity index (χ2n) is 4.32. The van der Waals surface area contributed by atoms with E-state index in [-0.39, 0.29) is 5.91 Å². The highest BCUT2D eigenvalue weighted by Gasteiger charge is 2.09. The van der Waals surface area contributed by atoms with E-state index in [9.17, 15) is 4.79 Å². The quantitative estimate of drug-likeness (QED) is 0.802. The maximum atomic E-state index is 11.8. The Balaban J connectivity index is 2.52. The molecule has 0 saturated heterocycles. The number of amides is 1. The Hall–Kier alpha value is -1.32. The number of carbonyl (C=O) groups is 1. The van der Waals surface area contributed by atoms with Crippen molar-refractivity contribution in [2.24, 2.45) is 0 Å². The summed E-state index contributed by atoms with van der Waals surface area (Å²) >= 11 is 5.86. The van der Waals surface area contributed by atoms with E-state index >= 15 is 0 Å². The van der Waals surface area contributed by atoms with Crippen LogP contribution >= 0.6 is 11.6 Å². The Morgan fingerprint density at radius 2 is 2.17 bits per heavy atom. The molecule has 18 heavy (non-hydrogen) atoms. The smallest absolute Gasteiger partial charge is 0.238 e. The third kappa shape index (κ3) is 5.34. The predicted octanol–water partition coefficient (Wildman–Crippen LogP) is 3.18. The Morgan fingerprint density at radius 3 is 2.72 bits per heavy atom. The number of rotatable bonds is 6. The maximum Gasteiger partial charge on any atom is 0.238 e. The number of hydrogen-bond acceptors (Lipinski definition) is 2. The molecule has 1 N–H and O–H groups in total. The number of benzene rings is 1. The van der Waals surface area contributed by atoms with Crippen LogP contribution in [0.3, 0.4) is 0 Å². The van der Waals surface area contributed by atoms with Gasteiger partial charge in [0.15, 0.2) is 0 Å². The van der Waals surface area contributed by atoms with Gasteiger partial charge < -0.3 is 5.32 Å². The molecule has 0 fully saturated rings. The molecule has 1 rings (SSSR count). The molecule has 0 atom stereocenters. The van der Waals surface area contributed by atoms with E-state index in [1.54, 1.807) is 12.1 Å². The molecule has 0 spiro atoms. The van der Waals surface area contributed by atoms with E-state index in [0.29, 0.717) is 11.6 Å². The van der Waals surface area contributed by atoms with Crippen LogP contribution in [0.4, 0.5) is 5.69 Å². The second-order valence-corrected chi connectivity index (χ2v) is 4.76. The van der Waals surface area contributed by atoms with Crippen molar-refractivity contribution < 1.29 is 4.79 Å². The lowest BCUT2D eigenvalue weighted by atomic mass is 10.3. The zero-order valence-corrected chi connectivity index (χ0v) is 11.6. The monoisotopic (exact) mass is 266 g/mol. The normalized spacial score (nSPS) is 10.4. The van der Waals surface area contributed by atoms with Crippen molar-refractivity contribution in [3.63, 3.8) is 0 Å². The summed E-state index contributed by atoms with van der Waals surface area (Å²) in [6.07, 6.45) is 0. The molecule has 1 aromatic carbocycles. The fraction of sp³-hybridized carbons (Fsp3) is 0.357. The Bertz CT molecular complexity index is 432. The van der Waals surface area contributed by atoms with Crippen LogP contribution in [-0.4, -0.2) is 30.4 Å². The van der Waals surface area contributed by atoms with Gasteiger partial charge in [0.25, 0.3) is 0 Å². The molecule has 0 unspecified atom stereocenters. The van der Waals surface area contributed by atoms with E-state index in [0.717, 1.165) is 24.4 Å². The Kier molecular flexibility index (Phi) is 5.89. The van der Waals surface area contributed by atoms with Gasteiger partial charge in [0.1, 0.15) is 0 Å². The first-order valence-corrected chi connectivity index (χ1v) is 6.31. The molecule has 3 nitrogen and oxygen atoms in total.